The molecular weight excluding hydrogens is 190 g/mol. The highest BCUT2D eigenvalue weighted by Crippen LogP contribution is 2.17. The Balaban J connectivity index is 2.23. The van der Waals surface area contributed by atoms with E-state index < -0.39 is 0 Å². The molecule has 0 aliphatic carbocycles. The van der Waals surface area contributed by atoms with E-state index in [9.17, 15) is 4.79 Å². The van der Waals surface area contributed by atoms with Crippen molar-refractivity contribution >= 4 is 5.91 Å². The van der Waals surface area contributed by atoms with Crippen LogP contribution in [0.2, 0.25) is 0 Å². The van der Waals surface area contributed by atoms with Gasteiger partial charge < -0.3 is 10.0 Å². The molecule has 3 nitrogen and oxygen atoms in total. The summed E-state index contributed by atoms with van der Waals surface area (Å²) >= 11 is 0. The molecule has 0 spiro atoms. The quantitative estimate of drug-likeness (QED) is 0.707. The van der Waals surface area contributed by atoms with E-state index in [1.807, 2.05) is 4.90 Å². The molecule has 88 valence electrons. The lowest BCUT2D eigenvalue weighted by atomic mass is 10.0. The summed E-state index contributed by atoms with van der Waals surface area (Å²) in [6.07, 6.45) is 5.83. The zero-order chi connectivity index (χ0) is 11.1. The van der Waals surface area contributed by atoms with Gasteiger partial charge in [-0.05, 0) is 38.0 Å². The smallest absolute Gasteiger partial charge is 0.222 e. The Labute approximate surface area is 92.5 Å². The number of rotatable bonds is 5. The summed E-state index contributed by atoms with van der Waals surface area (Å²) in [5.41, 5.74) is 0. The van der Waals surface area contributed by atoms with E-state index in [1.165, 1.54) is 0 Å². The Bertz CT molecular complexity index is 194. The van der Waals surface area contributed by atoms with E-state index in [-0.39, 0.29) is 6.61 Å². The molecule has 1 N–H and O–H groups in total. The molecule has 1 amide bonds. The van der Waals surface area contributed by atoms with Gasteiger partial charge in [0, 0.05) is 26.1 Å². The van der Waals surface area contributed by atoms with Crippen molar-refractivity contribution in [1.29, 1.82) is 0 Å². The highest BCUT2D eigenvalue weighted by atomic mass is 16.2. The van der Waals surface area contributed by atoms with Gasteiger partial charge in [0.05, 0.1) is 0 Å². The first kappa shape index (κ1) is 12.5. The van der Waals surface area contributed by atoms with Gasteiger partial charge in [0.2, 0.25) is 5.91 Å². The summed E-state index contributed by atoms with van der Waals surface area (Å²) in [5, 5.41) is 8.65. The zero-order valence-electron chi connectivity index (χ0n) is 9.74. The van der Waals surface area contributed by atoms with Crippen LogP contribution in [-0.4, -0.2) is 35.6 Å². The molecule has 1 rings (SSSR count). The third-order valence-electron chi connectivity index (χ3n) is 3.18. The zero-order valence-corrected chi connectivity index (χ0v) is 9.74. The number of carbonyl (C=O) groups excluding carboxylic acids is 1. The summed E-state index contributed by atoms with van der Waals surface area (Å²) in [5.74, 6) is 1.01. The van der Waals surface area contributed by atoms with Gasteiger partial charge in [-0.3, -0.25) is 4.79 Å². The van der Waals surface area contributed by atoms with Gasteiger partial charge in [-0.2, -0.15) is 0 Å². The molecule has 1 heterocycles. The van der Waals surface area contributed by atoms with Crippen LogP contribution in [0.5, 0.6) is 0 Å². The Morgan fingerprint density at radius 2 is 2.13 bits per heavy atom. The average Bonchev–Trinajstić information content (AvgIpc) is 2.38. The molecule has 0 aromatic carbocycles. The third kappa shape index (κ3) is 4.65. The number of hydrogen-bond donors (Lipinski definition) is 1. The lowest BCUT2D eigenvalue weighted by Gasteiger charge is -2.20. The molecule has 1 fully saturated rings. The van der Waals surface area contributed by atoms with Gasteiger partial charge in [0.15, 0.2) is 0 Å². The minimum atomic E-state index is 0.269. The normalized spacial score (nSPS) is 22.9. The van der Waals surface area contributed by atoms with Crippen molar-refractivity contribution in [3.8, 4) is 0 Å². The monoisotopic (exact) mass is 213 g/mol. The van der Waals surface area contributed by atoms with Gasteiger partial charge in [-0.25, -0.2) is 0 Å². The van der Waals surface area contributed by atoms with Crippen LogP contribution in [-0.2, 0) is 4.79 Å². The summed E-state index contributed by atoms with van der Waals surface area (Å²) in [4.78, 5) is 13.7. The fourth-order valence-electron chi connectivity index (χ4n) is 2.00. The summed E-state index contributed by atoms with van der Waals surface area (Å²) < 4.78 is 0. The SMILES string of the molecule is CC1CCC(=O)N(CCCCCO)CC1. The fourth-order valence-corrected chi connectivity index (χ4v) is 2.00. The van der Waals surface area contributed by atoms with Crippen molar-refractivity contribution in [1.82, 2.24) is 4.90 Å². The molecular formula is C12H23NO2. The molecule has 0 bridgehead atoms. The summed E-state index contributed by atoms with van der Waals surface area (Å²) in [6.45, 7) is 4.30. The number of nitrogens with zero attached hydrogens (tertiary/aromatic N) is 1. The molecule has 0 saturated carbocycles. The molecule has 0 aromatic rings. The number of likely N-dealkylation sites (tertiary alicyclic amines) is 1. The van der Waals surface area contributed by atoms with Crippen LogP contribution in [0.1, 0.15) is 45.4 Å². The van der Waals surface area contributed by atoms with Crippen LogP contribution < -0.4 is 0 Å². The molecule has 1 aliphatic rings. The second-order valence-electron chi connectivity index (χ2n) is 4.60. The van der Waals surface area contributed by atoms with E-state index >= 15 is 0 Å². The van der Waals surface area contributed by atoms with Gasteiger partial charge >= 0.3 is 0 Å². The van der Waals surface area contributed by atoms with Crippen LogP contribution in [0.4, 0.5) is 0 Å². The molecule has 0 aromatic heterocycles. The topological polar surface area (TPSA) is 40.5 Å². The van der Waals surface area contributed by atoms with E-state index in [0.29, 0.717) is 11.8 Å². The molecule has 1 atom stereocenters. The van der Waals surface area contributed by atoms with Crippen molar-refractivity contribution in [2.24, 2.45) is 5.92 Å². The fraction of sp³-hybridized carbons (Fsp3) is 0.917. The van der Waals surface area contributed by atoms with Crippen LogP contribution >= 0.6 is 0 Å². The predicted octanol–water partition coefficient (Wildman–Crippen LogP) is 1.80. The van der Waals surface area contributed by atoms with Crippen LogP contribution in [0, 0.1) is 5.92 Å². The maximum Gasteiger partial charge on any atom is 0.222 e. The molecule has 15 heavy (non-hydrogen) atoms. The largest absolute Gasteiger partial charge is 0.396 e. The number of unbranched alkanes of at least 4 members (excludes halogenated alkanes) is 2. The van der Waals surface area contributed by atoms with Gasteiger partial charge in [0.1, 0.15) is 0 Å². The van der Waals surface area contributed by atoms with E-state index in [1.54, 1.807) is 0 Å². The van der Waals surface area contributed by atoms with Crippen molar-refractivity contribution in [3.63, 3.8) is 0 Å². The first-order valence-corrected chi connectivity index (χ1v) is 6.12. The van der Waals surface area contributed by atoms with Gasteiger partial charge in [0.25, 0.3) is 0 Å². The second kappa shape index (κ2) is 6.83. The average molecular weight is 213 g/mol. The van der Waals surface area contributed by atoms with Crippen LogP contribution in [0.3, 0.4) is 0 Å². The van der Waals surface area contributed by atoms with Gasteiger partial charge in [-0.1, -0.05) is 6.92 Å². The first-order chi connectivity index (χ1) is 7.24. The Morgan fingerprint density at radius 1 is 1.33 bits per heavy atom. The Kier molecular flexibility index (Phi) is 5.69. The Hall–Kier alpha value is -0.570. The molecule has 1 unspecified atom stereocenters. The first-order valence-electron chi connectivity index (χ1n) is 6.12. The Morgan fingerprint density at radius 3 is 2.87 bits per heavy atom. The summed E-state index contributed by atoms with van der Waals surface area (Å²) in [6, 6.07) is 0. The van der Waals surface area contributed by atoms with Crippen molar-refractivity contribution in [2.45, 2.75) is 45.4 Å². The number of carbonyl (C=O) groups is 1. The number of aliphatic hydroxyl groups excluding tert-OH is 1. The van der Waals surface area contributed by atoms with Gasteiger partial charge in [-0.15, -0.1) is 0 Å². The minimum Gasteiger partial charge on any atom is -0.396 e. The standard InChI is InChI=1S/C12H23NO2/c1-11-5-6-12(15)13(9-7-11)8-3-2-4-10-14/h11,14H,2-10H2,1H3. The van der Waals surface area contributed by atoms with Crippen molar-refractivity contribution in [3.05, 3.63) is 0 Å². The highest BCUT2D eigenvalue weighted by molar-refractivity contribution is 5.76. The molecule has 0 radical (unpaired) electrons. The van der Waals surface area contributed by atoms with Crippen molar-refractivity contribution < 1.29 is 9.90 Å². The molecule has 1 saturated heterocycles. The number of hydrogen-bond acceptors (Lipinski definition) is 2. The van der Waals surface area contributed by atoms with Crippen molar-refractivity contribution in [2.75, 3.05) is 19.7 Å². The maximum absolute atomic E-state index is 11.7. The number of aliphatic hydroxyl groups is 1. The summed E-state index contributed by atoms with van der Waals surface area (Å²) in [7, 11) is 0. The molecule has 3 heteroatoms. The lowest BCUT2D eigenvalue weighted by Crippen LogP contribution is -2.31. The van der Waals surface area contributed by atoms with E-state index in [4.69, 9.17) is 5.11 Å². The highest BCUT2D eigenvalue weighted by Gasteiger charge is 2.19. The predicted molar refractivity (Wildman–Crippen MR) is 60.5 cm³/mol. The second-order valence-corrected chi connectivity index (χ2v) is 4.60. The molecule has 1 aliphatic heterocycles. The lowest BCUT2D eigenvalue weighted by molar-refractivity contribution is -0.130. The van der Waals surface area contributed by atoms with Crippen LogP contribution in [0.25, 0.3) is 0 Å². The number of amides is 1. The van der Waals surface area contributed by atoms with E-state index in [0.717, 1.165) is 51.6 Å². The third-order valence-corrected chi connectivity index (χ3v) is 3.18. The van der Waals surface area contributed by atoms with E-state index in [2.05, 4.69) is 6.92 Å². The minimum absolute atomic E-state index is 0.269. The van der Waals surface area contributed by atoms with Crippen LogP contribution in [0.15, 0.2) is 0 Å². The maximum atomic E-state index is 11.7.